The van der Waals surface area contributed by atoms with Crippen LogP contribution in [-0.2, 0) is 0 Å². The van der Waals surface area contributed by atoms with E-state index >= 15 is 0 Å². The number of ether oxygens (including phenoxy) is 2. The Kier molecular flexibility index (Phi) is 5.79. The second-order valence-corrected chi connectivity index (χ2v) is 4.12. The molecule has 0 aliphatic heterocycles. The average molecular weight is 260 g/mol. The Morgan fingerprint density at radius 1 is 1.42 bits per heavy atom. The van der Waals surface area contributed by atoms with Crippen molar-refractivity contribution in [1.29, 1.82) is 0 Å². The molecule has 4 heteroatoms. The van der Waals surface area contributed by atoms with Gasteiger partial charge in [0.25, 0.3) is 5.88 Å². The number of aromatic nitrogens is 2. The van der Waals surface area contributed by atoms with Crippen LogP contribution >= 0.6 is 0 Å². The van der Waals surface area contributed by atoms with Crippen molar-refractivity contribution >= 4 is 0 Å². The van der Waals surface area contributed by atoms with E-state index in [-0.39, 0.29) is 0 Å². The van der Waals surface area contributed by atoms with E-state index in [1.807, 2.05) is 39.0 Å². The van der Waals surface area contributed by atoms with Crippen molar-refractivity contribution in [3.05, 3.63) is 48.0 Å². The number of allylic oxidation sites excluding steroid dienone is 3. The Morgan fingerprint density at radius 3 is 2.74 bits per heavy atom. The first-order valence-electron chi connectivity index (χ1n) is 6.06. The minimum absolute atomic E-state index is 0.424. The third kappa shape index (κ3) is 4.95. The summed E-state index contributed by atoms with van der Waals surface area (Å²) in [5.41, 5.74) is 2.04. The van der Waals surface area contributed by atoms with E-state index in [1.165, 1.54) is 0 Å². The van der Waals surface area contributed by atoms with Gasteiger partial charge in [-0.3, -0.25) is 0 Å². The number of hydrogen-bond acceptors (Lipinski definition) is 4. The monoisotopic (exact) mass is 260 g/mol. The first-order valence-corrected chi connectivity index (χ1v) is 6.06. The first-order chi connectivity index (χ1) is 9.06. The second kappa shape index (κ2) is 7.36. The Morgan fingerprint density at radius 2 is 2.16 bits per heavy atom. The number of nitrogens with zero attached hydrogens (tertiary/aromatic N) is 2. The van der Waals surface area contributed by atoms with E-state index in [1.54, 1.807) is 13.3 Å². The van der Waals surface area contributed by atoms with Gasteiger partial charge in [0.1, 0.15) is 12.4 Å². The summed E-state index contributed by atoms with van der Waals surface area (Å²) < 4.78 is 10.8. The van der Waals surface area contributed by atoms with Crippen LogP contribution in [0, 0.1) is 6.92 Å². The Hall–Kier alpha value is -2.10. The van der Waals surface area contributed by atoms with E-state index in [4.69, 9.17) is 9.47 Å². The predicted octanol–water partition coefficient (Wildman–Crippen LogP) is 3.25. The highest BCUT2D eigenvalue weighted by atomic mass is 16.5. The maximum absolute atomic E-state index is 5.67. The molecule has 0 bridgehead atoms. The second-order valence-electron chi connectivity index (χ2n) is 4.12. The van der Waals surface area contributed by atoms with Crippen molar-refractivity contribution in [2.75, 3.05) is 13.7 Å². The first kappa shape index (κ1) is 15.0. The number of aryl methyl sites for hydroxylation is 1. The molecule has 0 saturated heterocycles. The summed E-state index contributed by atoms with van der Waals surface area (Å²) in [6.07, 6.45) is 7.51. The lowest BCUT2D eigenvalue weighted by Crippen LogP contribution is -2.04. The fourth-order valence-electron chi connectivity index (χ4n) is 1.31. The zero-order chi connectivity index (χ0) is 14.3. The highest BCUT2D eigenvalue weighted by Gasteiger charge is 2.07. The maximum Gasteiger partial charge on any atom is 0.260 e. The number of hydrogen-bond donors (Lipinski definition) is 0. The van der Waals surface area contributed by atoms with Gasteiger partial charge in [-0.1, -0.05) is 30.4 Å². The van der Waals surface area contributed by atoms with E-state index in [0.717, 1.165) is 11.1 Å². The maximum atomic E-state index is 5.67. The molecule has 0 N–H and O–H groups in total. The van der Waals surface area contributed by atoms with Crippen molar-refractivity contribution in [2.45, 2.75) is 20.8 Å². The molecular formula is C15H20N2O2. The molecule has 0 saturated carbocycles. The van der Waals surface area contributed by atoms with Crippen LogP contribution < -0.4 is 9.47 Å². The highest BCUT2D eigenvalue weighted by molar-refractivity contribution is 5.32. The molecule has 1 aromatic rings. The number of methoxy groups -OCH3 is 1. The molecule has 1 rings (SSSR count). The minimum atomic E-state index is 0.424. The Bertz CT molecular complexity index is 505. The van der Waals surface area contributed by atoms with Gasteiger partial charge in [0, 0.05) is 0 Å². The van der Waals surface area contributed by atoms with Gasteiger partial charge >= 0.3 is 0 Å². The van der Waals surface area contributed by atoms with E-state index in [9.17, 15) is 0 Å². The van der Waals surface area contributed by atoms with Crippen LogP contribution in [0.5, 0.6) is 11.6 Å². The summed E-state index contributed by atoms with van der Waals surface area (Å²) in [6, 6.07) is 0. The van der Waals surface area contributed by atoms with Gasteiger partial charge in [0.2, 0.25) is 0 Å². The smallest absolute Gasteiger partial charge is 0.260 e. The quantitative estimate of drug-likeness (QED) is 0.736. The fourth-order valence-corrected chi connectivity index (χ4v) is 1.31. The van der Waals surface area contributed by atoms with Gasteiger partial charge in [-0.2, -0.15) is 4.98 Å². The van der Waals surface area contributed by atoms with Crippen LogP contribution in [-0.4, -0.2) is 23.7 Å². The molecular weight excluding hydrogens is 240 g/mol. The van der Waals surface area contributed by atoms with E-state index < -0.39 is 0 Å². The molecule has 0 aromatic carbocycles. The van der Waals surface area contributed by atoms with Crippen LogP contribution in [0.15, 0.2) is 42.2 Å². The van der Waals surface area contributed by atoms with Crippen molar-refractivity contribution in [2.24, 2.45) is 0 Å². The third-order valence-corrected chi connectivity index (χ3v) is 2.39. The normalized spacial score (nSPS) is 11.7. The lowest BCUT2D eigenvalue weighted by molar-refractivity contribution is 0.306. The van der Waals surface area contributed by atoms with Crippen molar-refractivity contribution in [3.63, 3.8) is 0 Å². The van der Waals surface area contributed by atoms with Crippen LogP contribution in [0.3, 0.4) is 0 Å². The van der Waals surface area contributed by atoms with E-state index in [0.29, 0.717) is 24.1 Å². The molecule has 19 heavy (non-hydrogen) atoms. The van der Waals surface area contributed by atoms with Gasteiger partial charge in [-0.05, 0) is 26.3 Å². The van der Waals surface area contributed by atoms with Gasteiger partial charge in [0.05, 0.1) is 13.3 Å². The molecule has 0 amide bonds. The Labute approximate surface area is 114 Å². The summed E-state index contributed by atoms with van der Waals surface area (Å²) in [4.78, 5) is 8.28. The van der Waals surface area contributed by atoms with E-state index in [2.05, 4.69) is 16.5 Å². The average Bonchev–Trinajstić information content (AvgIpc) is 2.39. The highest BCUT2D eigenvalue weighted by Crippen LogP contribution is 2.23. The zero-order valence-corrected chi connectivity index (χ0v) is 11.9. The van der Waals surface area contributed by atoms with Crippen LogP contribution in [0.1, 0.15) is 19.7 Å². The summed E-state index contributed by atoms with van der Waals surface area (Å²) in [5.74, 6) is 1.64. The zero-order valence-electron chi connectivity index (χ0n) is 11.9. The Balaban J connectivity index is 2.75. The summed E-state index contributed by atoms with van der Waals surface area (Å²) >= 11 is 0. The SMILES string of the molecule is C=C(C)/C=C\C(=CC)COc1nc(C)ncc1OC. The van der Waals surface area contributed by atoms with Gasteiger partial charge < -0.3 is 9.47 Å². The van der Waals surface area contributed by atoms with Gasteiger partial charge in [-0.25, -0.2) is 4.98 Å². The fraction of sp³-hybridized carbons (Fsp3) is 0.333. The molecule has 0 atom stereocenters. The molecule has 1 aromatic heterocycles. The van der Waals surface area contributed by atoms with Crippen molar-refractivity contribution in [1.82, 2.24) is 9.97 Å². The van der Waals surface area contributed by atoms with Crippen molar-refractivity contribution < 1.29 is 9.47 Å². The molecule has 0 unspecified atom stereocenters. The molecule has 0 fully saturated rings. The standard InChI is InChI=1S/C15H20N2O2/c1-6-13(8-7-11(2)3)10-19-15-14(18-5)9-16-12(4)17-15/h6-9H,2,10H2,1,3-5H3/b8-7-,13-6?. The van der Waals surface area contributed by atoms with Crippen molar-refractivity contribution in [3.8, 4) is 11.6 Å². The lowest BCUT2D eigenvalue weighted by atomic mass is 10.2. The summed E-state index contributed by atoms with van der Waals surface area (Å²) in [7, 11) is 1.57. The predicted molar refractivity (Wildman–Crippen MR) is 76.5 cm³/mol. The molecule has 0 aliphatic carbocycles. The molecule has 0 aliphatic rings. The molecule has 102 valence electrons. The molecule has 0 spiro atoms. The third-order valence-electron chi connectivity index (χ3n) is 2.39. The molecule has 1 heterocycles. The summed E-state index contributed by atoms with van der Waals surface area (Å²) in [5, 5.41) is 0. The number of rotatable bonds is 6. The molecule has 0 radical (unpaired) electrons. The topological polar surface area (TPSA) is 44.2 Å². The van der Waals surface area contributed by atoms with Gasteiger partial charge in [-0.15, -0.1) is 0 Å². The lowest BCUT2D eigenvalue weighted by Gasteiger charge is -2.10. The minimum Gasteiger partial charge on any atom is -0.490 e. The summed E-state index contributed by atoms with van der Waals surface area (Å²) in [6.45, 7) is 9.96. The van der Waals surface area contributed by atoms with Crippen LogP contribution in [0.4, 0.5) is 0 Å². The largest absolute Gasteiger partial charge is 0.490 e. The van der Waals surface area contributed by atoms with Gasteiger partial charge in [0.15, 0.2) is 5.75 Å². The van der Waals surface area contributed by atoms with Crippen LogP contribution in [0.25, 0.3) is 0 Å². The van der Waals surface area contributed by atoms with Crippen LogP contribution in [0.2, 0.25) is 0 Å². The molecule has 4 nitrogen and oxygen atoms in total.